The van der Waals surface area contributed by atoms with Crippen LogP contribution in [0.1, 0.15) is 45.6 Å². The quantitative estimate of drug-likeness (QED) is 0.706. The van der Waals surface area contributed by atoms with Crippen molar-refractivity contribution in [2.45, 2.75) is 32.1 Å². The second kappa shape index (κ2) is 7.95. The van der Waals surface area contributed by atoms with E-state index >= 15 is 0 Å². The average molecular weight is 395 g/mol. The maximum atomic E-state index is 13.8. The van der Waals surface area contributed by atoms with Crippen molar-refractivity contribution in [2.24, 2.45) is 0 Å². The number of hydrogen-bond donors (Lipinski definition) is 2. The maximum absolute atomic E-state index is 13.8. The Morgan fingerprint density at radius 1 is 1.07 bits per heavy atom. The average Bonchev–Trinajstić information content (AvgIpc) is 2.72. The second-order valence-electron chi connectivity index (χ2n) is 7.10. The van der Waals surface area contributed by atoms with Crippen molar-refractivity contribution in [2.75, 3.05) is 5.32 Å². The number of nitrogens with zero attached hydrogens (tertiary/aromatic N) is 1. The van der Waals surface area contributed by atoms with Crippen molar-refractivity contribution in [3.8, 4) is 0 Å². The lowest BCUT2D eigenvalue weighted by Gasteiger charge is -2.17. The molecule has 0 bridgehead atoms. The van der Waals surface area contributed by atoms with Crippen LogP contribution < -0.4 is 10.9 Å². The fraction of sp³-hybridized carbons (Fsp3) is 0.227. The summed E-state index contributed by atoms with van der Waals surface area (Å²) in [5, 5.41) is 9.41. The summed E-state index contributed by atoms with van der Waals surface area (Å²) < 4.78 is 27.2. The van der Waals surface area contributed by atoms with Gasteiger partial charge in [0.2, 0.25) is 0 Å². The molecule has 148 valence electrons. The SMILES string of the molecule is O=C(Nc1cccc(Cc2n[nH]c(=O)c3c2CCCC3)c1)c1cccc(F)c1F. The van der Waals surface area contributed by atoms with E-state index in [1.165, 1.54) is 12.1 Å². The highest BCUT2D eigenvalue weighted by Crippen LogP contribution is 2.23. The minimum absolute atomic E-state index is 0.124. The zero-order chi connectivity index (χ0) is 20.4. The summed E-state index contributed by atoms with van der Waals surface area (Å²) in [6, 6.07) is 10.6. The van der Waals surface area contributed by atoms with Crippen LogP contribution in [0.5, 0.6) is 0 Å². The van der Waals surface area contributed by atoms with Gasteiger partial charge in [0.1, 0.15) is 0 Å². The summed E-state index contributed by atoms with van der Waals surface area (Å²) in [4.78, 5) is 24.3. The van der Waals surface area contributed by atoms with Gasteiger partial charge in [-0.05, 0) is 61.1 Å². The minimum Gasteiger partial charge on any atom is -0.322 e. The molecule has 0 aliphatic heterocycles. The number of carbonyl (C=O) groups excluding carboxylic acids is 1. The summed E-state index contributed by atoms with van der Waals surface area (Å²) in [6.45, 7) is 0. The molecule has 1 aliphatic rings. The number of hydrogen-bond acceptors (Lipinski definition) is 3. The number of H-pyrrole nitrogens is 1. The monoisotopic (exact) mass is 395 g/mol. The van der Waals surface area contributed by atoms with Gasteiger partial charge in [0.05, 0.1) is 11.3 Å². The predicted octanol–water partition coefficient (Wildman–Crippen LogP) is 3.77. The van der Waals surface area contributed by atoms with Crippen LogP contribution >= 0.6 is 0 Å². The van der Waals surface area contributed by atoms with Gasteiger partial charge in [0, 0.05) is 17.7 Å². The van der Waals surface area contributed by atoms with Crippen LogP contribution in [-0.2, 0) is 19.3 Å². The number of fused-ring (bicyclic) bond motifs is 1. The fourth-order valence-corrected chi connectivity index (χ4v) is 3.70. The molecule has 0 unspecified atom stereocenters. The van der Waals surface area contributed by atoms with E-state index in [1.54, 1.807) is 18.2 Å². The Kier molecular flexibility index (Phi) is 5.20. The van der Waals surface area contributed by atoms with Crippen molar-refractivity contribution < 1.29 is 13.6 Å². The van der Waals surface area contributed by atoms with Crippen LogP contribution in [0.15, 0.2) is 47.3 Å². The first-order chi connectivity index (χ1) is 14.0. The van der Waals surface area contributed by atoms with E-state index in [0.717, 1.165) is 54.1 Å². The van der Waals surface area contributed by atoms with E-state index in [9.17, 15) is 18.4 Å². The van der Waals surface area contributed by atoms with Crippen LogP contribution in [-0.4, -0.2) is 16.1 Å². The number of rotatable bonds is 4. The van der Waals surface area contributed by atoms with Gasteiger partial charge in [-0.25, -0.2) is 13.9 Å². The standard InChI is InChI=1S/C22H19F2N3O2/c23-18-10-4-9-17(20(18)24)21(28)25-14-6-3-5-13(11-14)12-19-15-7-1-2-8-16(15)22(29)27-26-19/h3-6,9-11H,1-2,7-8,12H2,(H,25,28)(H,27,29). The van der Waals surface area contributed by atoms with Crippen molar-refractivity contribution >= 4 is 11.6 Å². The van der Waals surface area contributed by atoms with Crippen molar-refractivity contribution in [3.63, 3.8) is 0 Å². The third kappa shape index (κ3) is 3.94. The summed E-state index contributed by atoms with van der Waals surface area (Å²) in [6.07, 6.45) is 4.11. The molecule has 0 atom stereocenters. The highest BCUT2D eigenvalue weighted by atomic mass is 19.2. The smallest absolute Gasteiger partial charge is 0.267 e. The lowest BCUT2D eigenvalue weighted by molar-refractivity contribution is 0.102. The first kappa shape index (κ1) is 19.0. The molecule has 0 saturated carbocycles. The zero-order valence-electron chi connectivity index (χ0n) is 15.6. The second-order valence-corrected chi connectivity index (χ2v) is 7.10. The molecule has 2 N–H and O–H groups in total. The molecular weight excluding hydrogens is 376 g/mol. The molecule has 2 aromatic carbocycles. The Hall–Kier alpha value is -3.35. The fourth-order valence-electron chi connectivity index (χ4n) is 3.70. The van der Waals surface area contributed by atoms with Gasteiger partial charge in [0.25, 0.3) is 11.5 Å². The van der Waals surface area contributed by atoms with Gasteiger partial charge in [0.15, 0.2) is 11.6 Å². The Morgan fingerprint density at radius 3 is 2.66 bits per heavy atom. The number of aromatic nitrogens is 2. The molecule has 29 heavy (non-hydrogen) atoms. The molecule has 1 heterocycles. The Morgan fingerprint density at radius 2 is 1.83 bits per heavy atom. The summed E-state index contributed by atoms with van der Waals surface area (Å²) >= 11 is 0. The number of aromatic amines is 1. The molecule has 0 spiro atoms. The zero-order valence-corrected chi connectivity index (χ0v) is 15.6. The molecule has 3 aromatic rings. The van der Waals surface area contributed by atoms with Crippen LogP contribution in [0.2, 0.25) is 0 Å². The van der Waals surface area contributed by atoms with E-state index < -0.39 is 17.5 Å². The van der Waals surface area contributed by atoms with Gasteiger partial charge in [-0.15, -0.1) is 0 Å². The highest BCUT2D eigenvalue weighted by Gasteiger charge is 2.18. The molecule has 0 fully saturated rings. The molecular formula is C22H19F2N3O2. The Balaban J connectivity index is 1.56. The number of amides is 1. The number of anilines is 1. The molecule has 0 saturated heterocycles. The Labute approximate surface area is 165 Å². The first-order valence-corrected chi connectivity index (χ1v) is 9.46. The van der Waals surface area contributed by atoms with Gasteiger partial charge in [-0.2, -0.15) is 5.10 Å². The van der Waals surface area contributed by atoms with Crippen molar-refractivity contribution in [1.82, 2.24) is 10.2 Å². The predicted molar refractivity (Wildman–Crippen MR) is 105 cm³/mol. The maximum Gasteiger partial charge on any atom is 0.267 e. The van der Waals surface area contributed by atoms with E-state index in [1.807, 2.05) is 6.07 Å². The molecule has 1 aliphatic carbocycles. The van der Waals surface area contributed by atoms with Gasteiger partial charge in [-0.1, -0.05) is 18.2 Å². The number of benzene rings is 2. The summed E-state index contributed by atoms with van der Waals surface area (Å²) in [5.41, 5.74) is 3.51. The number of halogens is 2. The molecule has 0 radical (unpaired) electrons. The molecule has 1 aromatic heterocycles. The van der Waals surface area contributed by atoms with Crippen LogP contribution in [0.3, 0.4) is 0 Å². The van der Waals surface area contributed by atoms with Crippen molar-refractivity contribution in [3.05, 3.63) is 92.4 Å². The molecule has 5 nitrogen and oxygen atoms in total. The lowest BCUT2D eigenvalue weighted by atomic mass is 9.90. The van der Waals surface area contributed by atoms with E-state index in [4.69, 9.17) is 0 Å². The minimum atomic E-state index is -1.18. The first-order valence-electron chi connectivity index (χ1n) is 9.46. The summed E-state index contributed by atoms with van der Waals surface area (Å²) in [7, 11) is 0. The summed E-state index contributed by atoms with van der Waals surface area (Å²) in [5.74, 6) is -2.97. The number of carbonyl (C=O) groups is 1. The topological polar surface area (TPSA) is 74.8 Å². The third-order valence-electron chi connectivity index (χ3n) is 5.14. The number of nitrogens with one attached hydrogen (secondary N) is 2. The lowest BCUT2D eigenvalue weighted by Crippen LogP contribution is -2.23. The van der Waals surface area contributed by atoms with Gasteiger partial charge < -0.3 is 5.32 Å². The molecule has 7 heteroatoms. The van der Waals surface area contributed by atoms with Crippen LogP contribution in [0.4, 0.5) is 14.5 Å². The third-order valence-corrected chi connectivity index (χ3v) is 5.14. The van der Waals surface area contributed by atoms with Crippen LogP contribution in [0, 0.1) is 11.6 Å². The molecule has 4 rings (SSSR count). The molecule has 1 amide bonds. The van der Waals surface area contributed by atoms with E-state index in [-0.39, 0.29) is 11.1 Å². The van der Waals surface area contributed by atoms with Crippen LogP contribution in [0.25, 0.3) is 0 Å². The normalized spacial score (nSPS) is 13.0. The van der Waals surface area contributed by atoms with Gasteiger partial charge >= 0.3 is 0 Å². The largest absolute Gasteiger partial charge is 0.322 e. The van der Waals surface area contributed by atoms with Gasteiger partial charge in [-0.3, -0.25) is 9.59 Å². The van der Waals surface area contributed by atoms with E-state index in [0.29, 0.717) is 12.1 Å². The Bertz CT molecular complexity index is 1140. The van der Waals surface area contributed by atoms with Crippen molar-refractivity contribution in [1.29, 1.82) is 0 Å². The highest BCUT2D eigenvalue weighted by molar-refractivity contribution is 6.04. The van der Waals surface area contributed by atoms with E-state index in [2.05, 4.69) is 15.5 Å².